The summed E-state index contributed by atoms with van der Waals surface area (Å²) in [5.74, 6) is 0.406. The fraction of sp³-hybridized carbons (Fsp3) is 0.632. The number of non-ortho nitro benzene ring substituents is 1. The van der Waals surface area contributed by atoms with Crippen LogP contribution in [0.2, 0.25) is 0 Å². The zero-order chi connectivity index (χ0) is 18.6. The molecule has 0 saturated carbocycles. The topological polar surface area (TPSA) is 72.7 Å². The molecule has 1 aromatic carbocycles. The van der Waals surface area contributed by atoms with Gasteiger partial charge in [-0.05, 0) is 64.5 Å². The van der Waals surface area contributed by atoms with E-state index < -0.39 is 5.60 Å². The van der Waals surface area contributed by atoms with Crippen LogP contribution in [-0.2, 0) is 9.53 Å². The lowest BCUT2D eigenvalue weighted by molar-refractivity contribution is -0.384. The second kappa shape index (κ2) is 7.85. The Morgan fingerprint density at radius 2 is 1.96 bits per heavy atom. The number of benzene rings is 1. The van der Waals surface area contributed by atoms with Crippen molar-refractivity contribution in [3.63, 3.8) is 0 Å². The third-order valence-electron chi connectivity index (χ3n) is 4.52. The van der Waals surface area contributed by atoms with E-state index in [0.717, 1.165) is 43.6 Å². The molecule has 138 valence electrons. The van der Waals surface area contributed by atoms with Gasteiger partial charge in [0, 0.05) is 37.3 Å². The van der Waals surface area contributed by atoms with Gasteiger partial charge in [0.05, 0.1) is 4.92 Å². The molecule has 6 heteroatoms. The third kappa shape index (κ3) is 5.73. The molecule has 25 heavy (non-hydrogen) atoms. The van der Waals surface area contributed by atoms with Gasteiger partial charge < -0.3 is 9.64 Å². The van der Waals surface area contributed by atoms with Crippen LogP contribution in [0, 0.1) is 23.0 Å². The molecule has 6 nitrogen and oxygen atoms in total. The number of anilines is 1. The molecule has 2 rings (SSSR count). The maximum absolute atomic E-state index is 11.8. The fourth-order valence-electron chi connectivity index (χ4n) is 3.29. The largest absolute Gasteiger partial charge is 0.460 e. The van der Waals surface area contributed by atoms with Crippen LogP contribution in [-0.4, -0.2) is 29.6 Å². The van der Waals surface area contributed by atoms with E-state index in [1.54, 1.807) is 12.1 Å². The van der Waals surface area contributed by atoms with Gasteiger partial charge in [0.2, 0.25) is 0 Å². The second-order valence-electron chi connectivity index (χ2n) is 7.78. The molecule has 0 amide bonds. The number of nitrogens with zero attached hydrogens (tertiary/aromatic N) is 2. The first-order chi connectivity index (χ1) is 11.7. The van der Waals surface area contributed by atoms with E-state index in [-0.39, 0.29) is 16.6 Å². The van der Waals surface area contributed by atoms with E-state index in [0.29, 0.717) is 12.3 Å². The van der Waals surface area contributed by atoms with Gasteiger partial charge in [0.1, 0.15) is 5.60 Å². The minimum absolute atomic E-state index is 0.124. The molecule has 1 saturated heterocycles. The van der Waals surface area contributed by atoms with E-state index >= 15 is 0 Å². The van der Waals surface area contributed by atoms with Crippen molar-refractivity contribution in [2.45, 2.75) is 59.0 Å². The van der Waals surface area contributed by atoms with Crippen molar-refractivity contribution < 1.29 is 14.5 Å². The number of nitro groups is 1. The Kier molecular flexibility index (Phi) is 6.03. The number of nitro benzene ring substituents is 1. The van der Waals surface area contributed by atoms with E-state index in [1.807, 2.05) is 33.8 Å². The van der Waals surface area contributed by atoms with Crippen molar-refractivity contribution in [1.29, 1.82) is 0 Å². The summed E-state index contributed by atoms with van der Waals surface area (Å²) >= 11 is 0. The fourth-order valence-corrected chi connectivity index (χ4v) is 3.29. The number of aryl methyl sites for hydroxylation is 1. The predicted octanol–water partition coefficient (Wildman–Crippen LogP) is 4.24. The van der Waals surface area contributed by atoms with Gasteiger partial charge in [-0.25, -0.2) is 0 Å². The van der Waals surface area contributed by atoms with Crippen LogP contribution >= 0.6 is 0 Å². The Balaban J connectivity index is 1.84. The van der Waals surface area contributed by atoms with Crippen molar-refractivity contribution in [3.8, 4) is 0 Å². The Morgan fingerprint density at radius 3 is 2.48 bits per heavy atom. The molecule has 0 unspecified atom stereocenters. The predicted molar refractivity (Wildman–Crippen MR) is 97.8 cm³/mol. The van der Waals surface area contributed by atoms with Crippen LogP contribution in [0.1, 0.15) is 52.0 Å². The summed E-state index contributed by atoms with van der Waals surface area (Å²) in [6, 6.07) is 5.04. The lowest BCUT2D eigenvalue weighted by atomic mass is 9.91. The van der Waals surface area contributed by atoms with Crippen LogP contribution in [0.15, 0.2) is 18.2 Å². The Labute approximate surface area is 149 Å². The van der Waals surface area contributed by atoms with E-state index in [2.05, 4.69) is 4.90 Å². The zero-order valence-electron chi connectivity index (χ0n) is 15.6. The van der Waals surface area contributed by atoms with E-state index in [1.165, 1.54) is 0 Å². The van der Waals surface area contributed by atoms with Gasteiger partial charge in [-0.1, -0.05) is 0 Å². The highest BCUT2D eigenvalue weighted by atomic mass is 16.6. The number of ether oxygens (including phenoxy) is 1. The first kappa shape index (κ1) is 19.2. The molecule has 0 aliphatic carbocycles. The third-order valence-corrected chi connectivity index (χ3v) is 4.52. The van der Waals surface area contributed by atoms with Gasteiger partial charge in [0.15, 0.2) is 0 Å². The van der Waals surface area contributed by atoms with Gasteiger partial charge in [-0.3, -0.25) is 14.9 Å². The number of esters is 1. The van der Waals surface area contributed by atoms with Crippen LogP contribution in [0.3, 0.4) is 0 Å². The molecule has 0 spiro atoms. The zero-order valence-corrected chi connectivity index (χ0v) is 15.6. The van der Waals surface area contributed by atoms with Crippen molar-refractivity contribution >= 4 is 17.3 Å². The number of hydrogen-bond donors (Lipinski definition) is 0. The first-order valence-electron chi connectivity index (χ1n) is 8.87. The summed E-state index contributed by atoms with van der Waals surface area (Å²) in [5.41, 5.74) is 1.71. The van der Waals surface area contributed by atoms with Crippen molar-refractivity contribution in [1.82, 2.24) is 0 Å². The number of carbonyl (C=O) groups is 1. The molecular weight excluding hydrogens is 320 g/mol. The van der Waals surface area contributed by atoms with E-state index in [4.69, 9.17) is 4.74 Å². The smallest absolute Gasteiger partial charge is 0.306 e. The molecule has 1 heterocycles. The first-order valence-corrected chi connectivity index (χ1v) is 8.87. The van der Waals surface area contributed by atoms with E-state index in [9.17, 15) is 14.9 Å². The monoisotopic (exact) mass is 348 g/mol. The summed E-state index contributed by atoms with van der Waals surface area (Å²) in [6.45, 7) is 9.40. The van der Waals surface area contributed by atoms with Crippen molar-refractivity contribution in [3.05, 3.63) is 33.9 Å². The molecule has 1 fully saturated rings. The van der Waals surface area contributed by atoms with Gasteiger partial charge in [-0.2, -0.15) is 0 Å². The lowest BCUT2D eigenvalue weighted by Gasteiger charge is -2.34. The number of piperidine rings is 1. The average molecular weight is 348 g/mol. The van der Waals surface area contributed by atoms with Crippen LogP contribution in [0.4, 0.5) is 11.4 Å². The standard InChI is InChI=1S/C19H28N2O4/c1-14-13-16(21(23)24)6-7-17(14)20-11-9-15(10-12-20)5-8-18(22)25-19(2,3)4/h6-7,13,15H,5,8-12H2,1-4H3. The van der Waals surface area contributed by atoms with Crippen molar-refractivity contribution in [2.24, 2.45) is 5.92 Å². The molecule has 0 aromatic heterocycles. The van der Waals surface area contributed by atoms with Gasteiger partial charge >= 0.3 is 5.97 Å². The summed E-state index contributed by atoms with van der Waals surface area (Å²) < 4.78 is 5.36. The maximum atomic E-state index is 11.8. The highest BCUT2D eigenvalue weighted by Gasteiger charge is 2.23. The summed E-state index contributed by atoms with van der Waals surface area (Å²) in [7, 11) is 0. The number of carbonyl (C=O) groups excluding carboxylic acids is 1. The van der Waals surface area contributed by atoms with Gasteiger partial charge in [0.25, 0.3) is 5.69 Å². The Morgan fingerprint density at radius 1 is 1.32 bits per heavy atom. The summed E-state index contributed by atoms with van der Waals surface area (Å²) in [5, 5.41) is 10.9. The summed E-state index contributed by atoms with van der Waals surface area (Å²) in [4.78, 5) is 24.6. The lowest BCUT2D eigenvalue weighted by Crippen LogP contribution is -2.34. The molecule has 1 aliphatic heterocycles. The highest BCUT2D eigenvalue weighted by Crippen LogP contribution is 2.30. The molecule has 0 radical (unpaired) electrons. The van der Waals surface area contributed by atoms with Crippen LogP contribution < -0.4 is 4.90 Å². The van der Waals surface area contributed by atoms with Crippen LogP contribution in [0.25, 0.3) is 0 Å². The minimum atomic E-state index is -0.423. The maximum Gasteiger partial charge on any atom is 0.306 e. The number of hydrogen-bond acceptors (Lipinski definition) is 5. The molecular formula is C19H28N2O4. The Bertz CT molecular complexity index is 629. The normalized spacial score (nSPS) is 15.9. The molecule has 0 N–H and O–H groups in total. The summed E-state index contributed by atoms with van der Waals surface area (Å²) in [6.07, 6.45) is 3.39. The average Bonchev–Trinajstić information content (AvgIpc) is 2.52. The van der Waals surface area contributed by atoms with Crippen LogP contribution in [0.5, 0.6) is 0 Å². The highest BCUT2D eigenvalue weighted by molar-refractivity contribution is 5.69. The molecule has 0 atom stereocenters. The second-order valence-corrected chi connectivity index (χ2v) is 7.78. The minimum Gasteiger partial charge on any atom is -0.460 e. The molecule has 1 aliphatic rings. The van der Waals surface area contributed by atoms with Gasteiger partial charge in [-0.15, -0.1) is 0 Å². The molecule has 1 aromatic rings. The van der Waals surface area contributed by atoms with Crippen molar-refractivity contribution in [2.75, 3.05) is 18.0 Å². The quantitative estimate of drug-likeness (QED) is 0.452. The Hall–Kier alpha value is -2.11. The number of rotatable bonds is 5. The SMILES string of the molecule is Cc1cc([N+](=O)[O-])ccc1N1CCC(CCC(=O)OC(C)(C)C)CC1. The molecule has 0 bridgehead atoms.